The maximum absolute atomic E-state index is 14.0. The van der Waals surface area contributed by atoms with Gasteiger partial charge in [0.15, 0.2) is 18.5 Å². The first-order chi connectivity index (χ1) is 27.7. The van der Waals surface area contributed by atoms with Crippen molar-refractivity contribution in [2.75, 3.05) is 33.5 Å². The summed E-state index contributed by atoms with van der Waals surface area (Å²) >= 11 is 0. The summed E-state index contributed by atoms with van der Waals surface area (Å²) < 4.78 is 43.6. The van der Waals surface area contributed by atoms with E-state index in [9.17, 15) is 38.4 Å². The van der Waals surface area contributed by atoms with Crippen LogP contribution in [-0.2, 0) is 84.7 Å². The van der Waals surface area contributed by atoms with Gasteiger partial charge in [-0.15, -0.1) is 0 Å². The lowest BCUT2D eigenvalue weighted by atomic mass is 9.96. The molecular formula is C38H48N4O16. The summed E-state index contributed by atoms with van der Waals surface area (Å²) in [4.78, 5) is 101. The van der Waals surface area contributed by atoms with Gasteiger partial charge in [-0.25, -0.2) is 4.79 Å². The number of hydrogen-bond acceptors (Lipinski definition) is 16. The van der Waals surface area contributed by atoms with Crippen molar-refractivity contribution in [3.63, 3.8) is 0 Å². The van der Waals surface area contributed by atoms with Crippen molar-refractivity contribution in [2.24, 2.45) is 0 Å². The van der Waals surface area contributed by atoms with E-state index in [1.165, 1.54) is 0 Å². The third-order valence-corrected chi connectivity index (χ3v) is 7.98. The highest BCUT2D eigenvalue weighted by atomic mass is 16.7. The van der Waals surface area contributed by atoms with Crippen LogP contribution >= 0.6 is 0 Å². The fourth-order valence-corrected chi connectivity index (χ4v) is 5.39. The Morgan fingerprint density at radius 1 is 0.690 bits per heavy atom. The number of methoxy groups -OCH3 is 1. The summed E-state index contributed by atoms with van der Waals surface area (Å²) in [5.74, 6) is -5.68. The zero-order valence-corrected chi connectivity index (χ0v) is 32.6. The highest BCUT2D eigenvalue weighted by Gasteiger charge is 2.51. The van der Waals surface area contributed by atoms with Gasteiger partial charge < -0.3 is 59.2 Å². The van der Waals surface area contributed by atoms with Gasteiger partial charge in [-0.05, 0) is 11.1 Å². The van der Waals surface area contributed by atoms with Gasteiger partial charge in [-0.2, -0.15) is 0 Å². The number of alkyl carbamates (subject to hydrolysis) is 1. The molecule has 7 atom stereocenters. The fraction of sp³-hybridized carbons (Fsp3) is 0.474. The van der Waals surface area contributed by atoms with Gasteiger partial charge in [0.2, 0.25) is 17.7 Å². The Hall–Kier alpha value is -6.12. The molecule has 0 bridgehead atoms. The third kappa shape index (κ3) is 16.2. The van der Waals surface area contributed by atoms with Crippen molar-refractivity contribution in [1.29, 1.82) is 0 Å². The predicted molar refractivity (Wildman–Crippen MR) is 197 cm³/mol. The molecule has 0 aliphatic carbocycles. The van der Waals surface area contributed by atoms with Gasteiger partial charge in [0.1, 0.15) is 44.0 Å². The lowest BCUT2D eigenvalue weighted by Crippen LogP contribution is -2.67. The van der Waals surface area contributed by atoms with Crippen LogP contribution in [0.3, 0.4) is 0 Å². The second kappa shape index (κ2) is 23.8. The van der Waals surface area contributed by atoms with Gasteiger partial charge in [-0.1, -0.05) is 60.7 Å². The molecule has 20 nitrogen and oxygen atoms in total. The maximum Gasteiger partial charge on any atom is 0.408 e. The molecule has 0 aromatic heterocycles. The molecule has 0 spiro atoms. The second-order valence-corrected chi connectivity index (χ2v) is 12.7. The van der Waals surface area contributed by atoms with Crippen molar-refractivity contribution in [3.8, 4) is 0 Å². The number of nitrogens with one attached hydrogen (secondary N) is 4. The summed E-state index contributed by atoms with van der Waals surface area (Å²) in [6.07, 6.45) is -6.95. The normalized spacial score (nSPS) is 19.5. The Labute approximate surface area is 333 Å². The molecule has 2 aromatic rings. The van der Waals surface area contributed by atoms with Gasteiger partial charge in [-0.3, -0.25) is 33.6 Å². The van der Waals surface area contributed by atoms with Crippen molar-refractivity contribution >= 4 is 47.7 Å². The van der Waals surface area contributed by atoms with Crippen LogP contribution in [0.2, 0.25) is 0 Å². The summed E-state index contributed by atoms with van der Waals surface area (Å²) in [5, 5.41) is 9.76. The Morgan fingerprint density at radius 3 is 1.84 bits per heavy atom. The summed E-state index contributed by atoms with van der Waals surface area (Å²) in [6.45, 7) is 2.04. The molecule has 4 amide bonds. The molecule has 4 N–H and O–H groups in total. The molecule has 58 heavy (non-hydrogen) atoms. The Kier molecular flexibility index (Phi) is 19.0. The lowest BCUT2D eigenvalue weighted by molar-refractivity contribution is -0.278. The van der Waals surface area contributed by atoms with Crippen LogP contribution < -0.4 is 21.3 Å². The van der Waals surface area contributed by atoms with Crippen molar-refractivity contribution in [1.82, 2.24) is 21.3 Å². The summed E-state index contributed by atoms with van der Waals surface area (Å²) in [5.41, 5.74) is 1.38. The maximum atomic E-state index is 14.0. The molecule has 20 heteroatoms. The first-order valence-corrected chi connectivity index (χ1v) is 17.9. The summed E-state index contributed by atoms with van der Waals surface area (Å²) in [6, 6.07) is 13.0. The zero-order valence-electron chi connectivity index (χ0n) is 32.6. The molecule has 1 aliphatic rings. The first-order valence-electron chi connectivity index (χ1n) is 17.9. The van der Waals surface area contributed by atoms with Crippen LogP contribution in [0, 0.1) is 0 Å². The lowest BCUT2D eigenvalue weighted by Gasteiger charge is -2.45. The Morgan fingerprint density at radius 2 is 1.28 bits per heavy atom. The zero-order chi connectivity index (χ0) is 42.6. The molecule has 1 fully saturated rings. The highest BCUT2D eigenvalue weighted by molar-refractivity contribution is 5.92. The van der Waals surface area contributed by atoms with Gasteiger partial charge in [0, 0.05) is 27.7 Å². The van der Waals surface area contributed by atoms with E-state index in [0.29, 0.717) is 5.56 Å². The highest BCUT2D eigenvalue weighted by Crippen LogP contribution is 2.28. The van der Waals surface area contributed by atoms with Gasteiger partial charge in [0.05, 0.1) is 26.9 Å². The number of carbonyl (C=O) groups is 8. The number of benzene rings is 2. The van der Waals surface area contributed by atoms with E-state index < -0.39 is 117 Å². The van der Waals surface area contributed by atoms with E-state index in [1.807, 2.05) is 0 Å². The van der Waals surface area contributed by atoms with Crippen molar-refractivity contribution < 1.29 is 76.3 Å². The van der Waals surface area contributed by atoms with Crippen LogP contribution in [0.5, 0.6) is 0 Å². The monoisotopic (exact) mass is 816 g/mol. The van der Waals surface area contributed by atoms with Crippen LogP contribution in [0.1, 0.15) is 38.8 Å². The van der Waals surface area contributed by atoms with E-state index >= 15 is 0 Å². The Balaban J connectivity index is 1.93. The molecule has 0 unspecified atom stereocenters. The number of hydrogen-bond donors (Lipinski definition) is 4. The minimum Gasteiger partial charge on any atom is -0.468 e. The average Bonchev–Trinajstić information content (AvgIpc) is 3.18. The van der Waals surface area contributed by atoms with E-state index in [0.717, 1.165) is 40.4 Å². The molecule has 3 rings (SSSR count). The van der Waals surface area contributed by atoms with Crippen molar-refractivity contribution in [2.45, 2.75) is 83.6 Å². The van der Waals surface area contributed by atoms with E-state index in [4.69, 9.17) is 33.2 Å². The standard InChI is InChI=1S/C38H48N4O16/c1-22(43)40-32-34(57-25(4)46)33(56-24(3)45)30(21-53-23(2)44)58-37(32)54-20-29(42-38(50)55-18-27-14-10-7-11-15-27)36(49)41-28(35(48)39-16-31(47)51-5)19-52-17-26-12-8-6-9-13-26/h6-15,28-30,32-34,37H,16-21H2,1-5H3,(H,39,48)(H,40,43)(H,41,49)(H,42,50)/t28-,29-,30+,32+,33-,34+,37-/m0/s1. The van der Waals surface area contributed by atoms with Gasteiger partial charge in [0.25, 0.3) is 0 Å². The first kappa shape index (κ1) is 46.3. The van der Waals surface area contributed by atoms with Crippen LogP contribution in [-0.4, -0.2) is 124 Å². The van der Waals surface area contributed by atoms with Crippen molar-refractivity contribution in [3.05, 3.63) is 71.8 Å². The number of amides is 4. The summed E-state index contributed by atoms with van der Waals surface area (Å²) in [7, 11) is 1.12. The number of rotatable bonds is 20. The minimum absolute atomic E-state index is 0.0456. The van der Waals surface area contributed by atoms with Crippen LogP contribution in [0.25, 0.3) is 0 Å². The number of ether oxygens (including phenoxy) is 8. The molecule has 316 valence electrons. The molecule has 0 saturated carbocycles. The molecule has 0 radical (unpaired) electrons. The third-order valence-electron chi connectivity index (χ3n) is 7.98. The SMILES string of the molecule is COC(=O)CNC(=O)[C@H](COCc1ccccc1)NC(=O)[C@H](CO[C@H]1O[C@H](COC(C)=O)[C@H](OC(C)=O)[C@H](OC(C)=O)[C@H]1NC(C)=O)NC(=O)OCc1ccccc1. The van der Waals surface area contributed by atoms with E-state index in [1.54, 1.807) is 60.7 Å². The largest absolute Gasteiger partial charge is 0.468 e. The molecule has 1 heterocycles. The number of carbonyl (C=O) groups excluding carboxylic acids is 8. The topological polar surface area (TPSA) is 259 Å². The minimum atomic E-state index is -1.67. The second-order valence-electron chi connectivity index (χ2n) is 12.7. The fourth-order valence-electron chi connectivity index (χ4n) is 5.39. The van der Waals surface area contributed by atoms with Gasteiger partial charge >= 0.3 is 30.0 Å². The van der Waals surface area contributed by atoms with E-state index in [-0.39, 0.29) is 13.2 Å². The van der Waals surface area contributed by atoms with Crippen LogP contribution in [0.4, 0.5) is 4.79 Å². The average molecular weight is 817 g/mol. The van der Waals surface area contributed by atoms with Crippen LogP contribution in [0.15, 0.2) is 60.7 Å². The predicted octanol–water partition coefficient (Wildman–Crippen LogP) is -0.0551. The smallest absolute Gasteiger partial charge is 0.408 e. The molecule has 1 aliphatic heterocycles. The van der Waals surface area contributed by atoms with E-state index in [2.05, 4.69) is 26.0 Å². The Bertz CT molecular complexity index is 1710. The quantitative estimate of drug-likeness (QED) is 0.101. The molecular weight excluding hydrogens is 768 g/mol. The molecule has 1 saturated heterocycles. The number of esters is 4. The molecule has 2 aromatic carbocycles.